The van der Waals surface area contributed by atoms with Crippen molar-refractivity contribution in [2.75, 3.05) is 18.6 Å². The van der Waals surface area contributed by atoms with E-state index in [4.69, 9.17) is 26.1 Å². The summed E-state index contributed by atoms with van der Waals surface area (Å²) in [4.78, 5) is 40.9. The van der Waals surface area contributed by atoms with Crippen LogP contribution in [0.25, 0.3) is 11.2 Å². The number of hydrogen-bond acceptors (Lipinski definition) is 11. The molecule has 0 radical (unpaired) electrons. The first-order chi connectivity index (χ1) is 17.3. The highest BCUT2D eigenvalue weighted by atomic mass is 35.5. The predicted molar refractivity (Wildman–Crippen MR) is 124 cm³/mol. The molecule has 0 saturated carbocycles. The molecular weight excluding hydrogens is 563 g/mol. The summed E-state index contributed by atoms with van der Waals surface area (Å²) >= 11 is 6.11. The molecule has 3 heterocycles. The van der Waals surface area contributed by atoms with Crippen molar-refractivity contribution in [2.45, 2.75) is 31.1 Å². The minimum absolute atomic E-state index is 0.0888. The molecule has 0 aliphatic carbocycles. The van der Waals surface area contributed by atoms with Gasteiger partial charge in [0.25, 0.3) is 0 Å². The zero-order chi connectivity index (χ0) is 27.1. The number of aliphatic hydroxyl groups is 2. The maximum atomic E-state index is 14.1. The number of rotatable bonds is 9. The maximum absolute atomic E-state index is 14.1. The molecule has 3 aromatic rings. The van der Waals surface area contributed by atoms with E-state index >= 15 is 0 Å². The van der Waals surface area contributed by atoms with Gasteiger partial charge >= 0.3 is 15.6 Å². The second kappa shape index (κ2) is 10.6. The Morgan fingerprint density at radius 1 is 1.19 bits per heavy atom. The van der Waals surface area contributed by atoms with Crippen LogP contribution in [-0.2, 0) is 29.2 Å². The quantitative estimate of drug-likeness (QED) is 0.176. The molecule has 1 saturated heterocycles. The van der Waals surface area contributed by atoms with Crippen molar-refractivity contribution < 1.29 is 52.0 Å². The fourth-order valence-electron chi connectivity index (χ4n) is 3.71. The standard InChI is InChI=1S/C18H21ClFN5O10P2/c1-24(6-9-4-2-3-5-10(9)20)15-12-16(23-18(19)22-15)25(8-21-12)17-14(27)13(26)11(34-17)7-33-37(31,32)35-36(28,29)30/h2-5,8,11,13-14,17,26-27H,6-7H2,1H3,(H,31,32)(H2,28,29,30)/t11-,13-,14-,17-/m1/s1. The van der Waals surface area contributed by atoms with Crippen molar-refractivity contribution >= 4 is 44.2 Å². The van der Waals surface area contributed by atoms with Crippen LogP contribution in [0.4, 0.5) is 10.2 Å². The van der Waals surface area contributed by atoms with Crippen molar-refractivity contribution in [3.05, 3.63) is 47.3 Å². The van der Waals surface area contributed by atoms with E-state index in [1.807, 2.05) is 0 Å². The number of imidazole rings is 1. The summed E-state index contributed by atoms with van der Waals surface area (Å²) in [5, 5.41) is 20.7. The summed E-state index contributed by atoms with van der Waals surface area (Å²) in [5.41, 5.74) is 0.686. The predicted octanol–water partition coefficient (Wildman–Crippen LogP) is 1.10. The van der Waals surface area contributed by atoms with E-state index in [-0.39, 0.29) is 28.8 Å². The normalized spacial score (nSPS) is 23.9. The van der Waals surface area contributed by atoms with Crippen LogP contribution in [0.5, 0.6) is 0 Å². The Hall–Kier alpha value is -2.07. The van der Waals surface area contributed by atoms with Crippen LogP contribution in [0.1, 0.15) is 11.8 Å². The number of aromatic nitrogens is 4. The van der Waals surface area contributed by atoms with Gasteiger partial charge in [-0.1, -0.05) is 18.2 Å². The Balaban J connectivity index is 1.57. The Kier molecular flexibility index (Phi) is 8.00. The smallest absolute Gasteiger partial charge is 0.387 e. The highest BCUT2D eigenvalue weighted by Crippen LogP contribution is 2.57. The summed E-state index contributed by atoms with van der Waals surface area (Å²) in [6.07, 6.45) is -4.78. The van der Waals surface area contributed by atoms with Crippen molar-refractivity contribution in [1.82, 2.24) is 19.5 Å². The Morgan fingerprint density at radius 2 is 1.89 bits per heavy atom. The van der Waals surface area contributed by atoms with E-state index in [0.29, 0.717) is 5.56 Å². The fraction of sp³-hybridized carbons (Fsp3) is 0.389. The molecule has 1 aliphatic heterocycles. The number of anilines is 1. The molecule has 5 N–H and O–H groups in total. The number of phosphoric acid groups is 2. The highest BCUT2D eigenvalue weighted by Gasteiger charge is 2.46. The van der Waals surface area contributed by atoms with Crippen molar-refractivity contribution in [1.29, 1.82) is 0 Å². The van der Waals surface area contributed by atoms with E-state index in [0.717, 1.165) is 0 Å². The third-order valence-corrected chi connectivity index (χ3v) is 7.65. The molecule has 4 rings (SSSR count). The molecular formula is C18H21ClFN5O10P2. The molecule has 37 heavy (non-hydrogen) atoms. The number of benzene rings is 1. The monoisotopic (exact) mass is 583 g/mol. The molecule has 5 atom stereocenters. The number of nitrogens with zero attached hydrogens (tertiary/aromatic N) is 5. The summed E-state index contributed by atoms with van der Waals surface area (Å²) < 4.78 is 51.6. The van der Waals surface area contributed by atoms with Crippen LogP contribution < -0.4 is 4.90 Å². The van der Waals surface area contributed by atoms with Gasteiger partial charge in [-0.2, -0.15) is 14.3 Å². The lowest BCUT2D eigenvalue weighted by Crippen LogP contribution is -2.33. The van der Waals surface area contributed by atoms with Crippen LogP contribution in [0.15, 0.2) is 30.6 Å². The topological polar surface area (TPSA) is 210 Å². The number of ether oxygens (including phenoxy) is 1. The van der Waals surface area contributed by atoms with Gasteiger partial charge in [0.1, 0.15) is 24.1 Å². The van der Waals surface area contributed by atoms with Gasteiger partial charge in [0.15, 0.2) is 23.2 Å². The van der Waals surface area contributed by atoms with Gasteiger partial charge in [-0.3, -0.25) is 9.09 Å². The van der Waals surface area contributed by atoms with Crippen LogP contribution in [0.3, 0.4) is 0 Å². The van der Waals surface area contributed by atoms with E-state index in [2.05, 4.69) is 23.8 Å². The number of hydrogen-bond donors (Lipinski definition) is 5. The highest BCUT2D eigenvalue weighted by molar-refractivity contribution is 7.60. The minimum Gasteiger partial charge on any atom is -0.387 e. The molecule has 0 amide bonds. The third-order valence-electron chi connectivity index (χ3n) is 5.33. The molecule has 19 heteroatoms. The van der Waals surface area contributed by atoms with Crippen molar-refractivity contribution in [3.63, 3.8) is 0 Å². The van der Waals surface area contributed by atoms with Crippen LogP contribution in [-0.4, -0.2) is 76.4 Å². The number of fused-ring (bicyclic) bond motifs is 1. The molecule has 0 bridgehead atoms. The zero-order valence-electron chi connectivity index (χ0n) is 18.8. The second-order valence-corrected chi connectivity index (χ2v) is 11.1. The molecule has 15 nitrogen and oxygen atoms in total. The van der Waals surface area contributed by atoms with E-state index < -0.39 is 52.6 Å². The lowest BCUT2D eigenvalue weighted by molar-refractivity contribution is -0.0503. The fourth-order valence-corrected chi connectivity index (χ4v) is 5.47. The van der Waals surface area contributed by atoms with E-state index in [1.54, 1.807) is 30.1 Å². The molecule has 1 unspecified atom stereocenters. The first kappa shape index (κ1) is 28.0. The number of halogens is 2. The first-order valence-corrected chi connectivity index (χ1v) is 13.8. The average Bonchev–Trinajstić information content (AvgIpc) is 3.32. The summed E-state index contributed by atoms with van der Waals surface area (Å²) in [5.74, 6) is -0.180. The molecule has 1 aliphatic rings. The largest absolute Gasteiger partial charge is 0.481 e. The Labute approximate surface area is 212 Å². The minimum atomic E-state index is -5.35. The van der Waals surface area contributed by atoms with E-state index in [9.17, 15) is 28.6 Å². The molecule has 2 aromatic heterocycles. The average molecular weight is 584 g/mol. The molecule has 202 valence electrons. The van der Waals surface area contributed by atoms with Gasteiger partial charge in [0, 0.05) is 19.2 Å². The summed E-state index contributed by atoms with van der Waals surface area (Å²) in [7, 11) is -8.93. The SMILES string of the molecule is CN(Cc1ccccc1F)c1nc(Cl)nc2c1ncn2[C@@H]1O[C@H](COP(=O)(O)OP(=O)(O)O)[C@@H](O)[C@H]1O. The van der Waals surface area contributed by atoms with Gasteiger partial charge in [-0.25, -0.2) is 18.5 Å². The van der Waals surface area contributed by atoms with E-state index in [1.165, 1.54) is 17.0 Å². The third kappa shape index (κ3) is 6.33. The zero-order valence-corrected chi connectivity index (χ0v) is 21.3. The van der Waals surface area contributed by atoms with Crippen molar-refractivity contribution in [3.8, 4) is 0 Å². The molecule has 1 aromatic carbocycles. The van der Waals surface area contributed by atoms with Crippen LogP contribution >= 0.6 is 27.2 Å². The van der Waals surface area contributed by atoms with Crippen LogP contribution in [0.2, 0.25) is 5.28 Å². The van der Waals surface area contributed by atoms with Gasteiger partial charge in [-0.05, 0) is 17.7 Å². The number of phosphoric ester groups is 1. The summed E-state index contributed by atoms with van der Waals surface area (Å²) in [6, 6.07) is 6.16. The van der Waals surface area contributed by atoms with Crippen molar-refractivity contribution in [2.24, 2.45) is 0 Å². The molecule has 1 fully saturated rings. The van der Waals surface area contributed by atoms with Crippen LogP contribution in [0, 0.1) is 5.82 Å². The van der Waals surface area contributed by atoms with Gasteiger partial charge in [0.2, 0.25) is 5.28 Å². The van der Waals surface area contributed by atoms with Gasteiger partial charge in [0.05, 0.1) is 12.9 Å². The van der Waals surface area contributed by atoms with Gasteiger partial charge in [-0.15, -0.1) is 0 Å². The first-order valence-electron chi connectivity index (χ1n) is 10.4. The van der Waals surface area contributed by atoms with Gasteiger partial charge < -0.3 is 34.5 Å². The molecule has 0 spiro atoms. The lowest BCUT2D eigenvalue weighted by Gasteiger charge is -2.20. The summed E-state index contributed by atoms with van der Waals surface area (Å²) in [6.45, 7) is -0.762. The second-order valence-electron chi connectivity index (χ2n) is 7.97. The lowest BCUT2D eigenvalue weighted by atomic mass is 10.1. The Bertz CT molecular complexity index is 1390. The number of aliphatic hydroxyl groups excluding tert-OH is 2. The Morgan fingerprint density at radius 3 is 2.57 bits per heavy atom. The maximum Gasteiger partial charge on any atom is 0.481 e.